The van der Waals surface area contributed by atoms with Crippen molar-refractivity contribution in [3.05, 3.63) is 81.4 Å². The zero-order chi connectivity index (χ0) is 19.6. The first-order valence-electron chi connectivity index (χ1n) is 9.04. The maximum Gasteiger partial charge on any atom is 0.310 e. The Morgan fingerprint density at radius 3 is 2.15 bits per heavy atom. The molecule has 0 saturated carbocycles. The topological polar surface area (TPSA) is 60.4 Å². The van der Waals surface area contributed by atoms with Gasteiger partial charge in [-0.05, 0) is 31.9 Å². The number of hydrogen-bond donors (Lipinski definition) is 0. The van der Waals surface area contributed by atoms with E-state index in [1.807, 2.05) is 32.0 Å². The summed E-state index contributed by atoms with van der Waals surface area (Å²) in [5.74, 6) is -0.950. The van der Waals surface area contributed by atoms with Gasteiger partial charge >= 0.3 is 5.97 Å². The molecule has 0 radical (unpaired) electrons. The zero-order valence-electron chi connectivity index (χ0n) is 15.8. The number of rotatable bonds is 5. The molecule has 138 valence electrons. The van der Waals surface area contributed by atoms with Gasteiger partial charge in [-0.3, -0.25) is 14.4 Å². The predicted octanol–water partition coefficient (Wildman–Crippen LogP) is 4.17. The van der Waals surface area contributed by atoms with E-state index in [1.54, 1.807) is 31.2 Å². The van der Waals surface area contributed by atoms with Gasteiger partial charge in [0.15, 0.2) is 11.6 Å². The molecule has 1 aliphatic carbocycles. The third-order valence-electron chi connectivity index (χ3n) is 4.82. The van der Waals surface area contributed by atoms with Crippen LogP contribution < -0.4 is 0 Å². The number of benzene rings is 2. The smallest absolute Gasteiger partial charge is 0.310 e. The van der Waals surface area contributed by atoms with Crippen LogP contribution in [0.5, 0.6) is 0 Å². The Balaban J connectivity index is 2.09. The zero-order valence-corrected chi connectivity index (χ0v) is 15.8. The van der Waals surface area contributed by atoms with Gasteiger partial charge in [0, 0.05) is 28.7 Å². The third kappa shape index (κ3) is 3.75. The number of hydrogen-bond acceptors (Lipinski definition) is 4. The lowest BCUT2D eigenvalue weighted by molar-refractivity contribution is -0.142. The van der Waals surface area contributed by atoms with E-state index in [0.29, 0.717) is 23.1 Å². The van der Waals surface area contributed by atoms with Crippen LogP contribution in [0.1, 0.15) is 50.8 Å². The molecule has 0 N–H and O–H groups in total. The van der Waals surface area contributed by atoms with Gasteiger partial charge in [0.2, 0.25) is 0 Å². The highest BCUT2D eigenvalue weighted by molar-refractivity contribution is 6.27. The molecule has 0 atom stereocenters. The van der Waals surface area contributed by atoms with E-state index >= 15 is 0 Å². The monoisotopic (exact) mass is 362 g/mol. The summed E-state index contributed by atoms with van der Waals surface area (Å²) in [6, 6.07) is 12.8. The van der Waals surface area contributed by atoms with Crippen LogP contribution in [0.2, 0.25) is 0 Å². The standard InChI is InChI=1S/C23H22O4/c1-4-27-21(24)13-20-19(12-16-10-9-14(2)11-15(16)3)22(25)17-7-5-6-8-18(17)23(20)26/h5-11H,4,12-13H2,1-3H3. The van der Waals surface area contributed by atoms with Gasteiger partial charge in [-0.15, -0.1) is 0 Å². The summed E-state index contributed by atoms with van der Waals surface area (Å²) in [7, 11) is 0. The summed E-state index contributed by atoms with van der Waals surface area (Å²) >= 11 is 0. The van der Waals surface area contributed by atoms with Gasteiger partial charge in [-0.1, -0.05) is 48.0 Å². The second kappa shape index (κ2) is 7.70. The Morgan fingerprint density at radius 2 is 1.56 bits per heavy atom. The number of carbonyl (C=O) groups is 3. The molecule has 0 aromatic heterocycles. The van der Waals surface area contributed by atoms with Crippen LogP contribution >= 0.6 is 0 Å². The van der Waals surface area contributed by atoms with Gasteiger partial charge in [0.1, 0.15) is 0 Å². The van der Waals surface area contributed by atoms with E-state index in [0.717, 1.165) is 16.7 Å². The quantitative estimate of drug-likeness (QED) is 0.749. The number of Topliss-reactive ketones (excluding diaryl/α,β-unsaturated/α-hetero) is 2. The van der Waals surface area contributed by atoms with Crippen LogP contribution in [0.15, 0.2) is 53.6 Å². The van der Waals surface area contributed by atoms with Gasteiger partial charge in [-0.25, -0.2) is 0 Å². The lowest BCUT2D eigenvalue weighted by Gasteiger charge is -2.21. The second-order valence-corrected chi connectivity index (χ2v) is 6.75. The minimum absolute atomic E-state index is 0.188. The maximum atomic E-state index is 13.1. The van der Waals surface area contributed by atoms with Crippen molar-refractivity contribution in [3.8, 4) is 0 Å². The molecule has 0 spiro atoms. The van der Waals surface area contributed by atoms with E-state index in [4.69, 9.17) is 4.74 Å². The molecule has 2 aromatic rings. The number of aryl methyl sites for hydroxylation is 2. The highest BCUT2D eigenvalue weighted by Crippen LogP contribution is 2.31. The molecule has 1 aliphatic rings. The van der Waals surface area contributed by atoms with Gasteiger partial charge in [-0.2, -0.15) is 0 Å². The van der Waals surface area contributed by atoms with Gasteiger partial charge < -0.3 is 4.74 Å². The highest BCUT2D eigenvalue weighted by atomic mass is 16.5. The van der Waals surface area contributed by atoms with Crippen molar-refractivity contribution in [2.75, 3.05) is 6.61 Å². The van der Waals surface area contributed by atoms with Crippen LogP contribution in [-0.4, -0.2) is 24.1 Å². The molecule has 0 aliphatic heterocycles. The molecule has 4 heteroatoms. The van der Waals surface area contributed by atoms with Crippen LogP contribution in [0.3, 0.4) is 0 Å². The average molecular weight is 362 g/mol. The Labute approximate surface area is 158 Å². The molecule has 27 heavy (non-hydrogen) atoms. The molecule has 3 rings (SSSR count). The van der Waals surface area contributed by atoms with Crippen molar-refractivity contribution in [2.24, 2.45) is 0 Å². The Bertz CT molecular complexity index is 966. The average Bonchev–Trinajstić information content (AvgIpc) is 2.64. The summed E-state index contributed by atoms with van der Waals surface area (Å²) in [6.07, 6.45) is 0.132. The second-order valence-electron chi connectivity index (χ2n) is 6.75. The molecule has 0 saturated heterocycles. The summed E-state index contributed by atoms with van der Waals surface area (Å²) in [5, 5.41) is 0. The largest absolute Gasteiger partial charge is 0.466 e. The SMILES string of the molecule is CCOC(=O)CC1=C(Cc2ccc(C)cc2C)C(=O)c2ccccc2C1=O. The number of esters is 1. The fraction of sp³-hybridized carbons (Fsp3) is 0.261. The fourth-order valence-electron chi connectivity index (χ4n) is 3.44. The Hall–Kier alpha value is -3.01. The normalized spacial score (nSPS) is 13.6. The van der Waals surface area contributed by atoms with Crippen LogP contribution in [0, 0.1) is 13.8 Å². The Kier molecular flexibility index (Phi) is 5.36. The maximum absolute atomic E-state index is 13.1. The first-order valence-corrected chi connectivity index (χ1v) is 9.04. The van der Waals surface area contributed by atoms with Crippen molar-refractivity contribution in [3.63, 3.8) is 0 Å². The number of ether oxygens (including phenoxy) is 1. The van der Waals surface area contributed by atoms with Crippen molar-refractivity contribution in [1.29, 1.82) is 0 Å². The number of allylic oxidation sites excluding steroid dienone is 1. The van der Waals surface area contributed by atoms with Crippen LogP contribution in [0.25, 0.3) is 0 Å². The summed E-state index contributed by atoms with van der Waals surface area (Å²) in [6.45, 7) is 5.94. The highest BCUT2D eigenvalue weighted by Gasteiger charge is 2.33. The van der Waals surface area contributed by atoms with E-state index in [2.05, 4.69) is 0 Å². The van der Waals surface area contributed by atoms with Crippen molar-refractivity contribution in [2.45, 2.75) is 33.6 Å². The fourth-order valence-corrected chi connectivity index (χ4v) is 3.44. The minimum atomic E-state index is -0.494. The molecular formula is C23H22O4. The third-order valence-corrected chi connectivity index (χ3v) is 4.82. The number of carbonyl (C=O) groups excluding carboxylic acids is 3. The van der Waals surface area contributed by atoms with E-state index < -0.39 is 5.97 Å². The predicted molar refractivity (Wildman–Crippen MR) is 103 cm³/mol. The van der Waals surface area contributed by atoms with Gasteiger partial charge in [0.05, 0.1) is 13.0 Å². The first kappa shape index (κ1) is 18.8. The molecule has 0 bridgehead atoms. The molecule has 2 aromatic carbocycles. The van der Waals surface area contributed by atoms with Crippen LogP contribution in [0.4, 0.5) is 0 Å². The molecule has 0 amide bonds. The lowest BCUT2D eigenvalue weighted by Crippen LogP contribution is -2.25. The molecule has 4 nitrogen and oxygen atoms in total. The molecule has 0 fully saturated rings. The van der Waals surface area contributed by atoms with Crippen molar-refractivity contribution < 1.29 is 19.1 Å². The summed E-state index contributed by atoms with van der Waals surface area (Å²) in [5.41, 5.74) is 4.54. The number of ketones is 2. The summed E-state index contributed by atoms with van der Waals surface area (Å²) < 4.78 is 5.02. The van der Waals surface area contributed by atoms with Crippen LogP contribution in [-0.2, 0) is 16.0 Å². The van der Waals surface area contributed by atoms with E-state index in [1.165, 1.54) is 0 Å². The minimum Gasteiger partial charge on any atom is -0.466 e. The lowest BCUT2D eigenvalue weighted by atomic mass is 9.80. The Morgan fingerprint density at radius 1 is 0.926 bits per heavy atom. The number of fused-ring (bicyclic) bond motifs is 1. The summed E-state index contributed by atoms with van der Waals surface area (Å²) in [4.78, 5) is 38.2. The molecular weight excluding hydrogens is 340 g/mol. The van der Waals surface area contributed by atoms with Crippen molar-refractivity contribution in [1.82, 2.24) is 0 Å². The first-order chi connectivity index (χ1) is 12.9. The van der Waals surface area contributed by atoms with Crippen molar-refractivity contribution >= 4 is 17.5 Å². The molecule has 0 heterocycles. The van der Waals surface area contributed by atoms with E-state index in [-0.39, 0.29) is 30.2 Å². The van der Waals surface area contributed by atoms with E-state index in [9.17, 15) is 14.4 Å². The van der Waals surface area contributed by atoms with Gasteiger partial charge in [0.25, 0.3) is 0 Å². The molecule has 0 unspecified atom stereocenters.